The van der Waals surface area contributed by atoms with Crippen LogP contribution in [0, 0.1) is 13.8 Å². The molecule has 1 N–H and O–H groups in total. The van der Waals surface area contributed by atoms with E-state index < -0.39 is 0 Å². The molecular weight excluding hydrogens is 370 g/mol. The maximum atomic E-state index is 12.9. The van der Waals surface area contributed by atoms with E-state index in [1.807, 2.05) is 32.0 Å². The van der Waals surface area contributed by atoms with Crippen LogP contribution < -0.4 is 10.2 Å². The molecule has 0 radical (unpaired) electrons. The van der Waals surface area contributed by atoms with Gasteiger partial charge < -0.3 is 14.7 Å². The van der Waals surface area contributed by atoms with E-state index in [0.717, 1.165) is 30.2 Å². The van der Waals surface area contributed by atoms with Crippen molar-refractivity contribution in [3.05, 3.63) is 53.8 Å². The Morgan fingerprint density at radius 2 is 2.03 bits per heavy atom. The fourth-order valence-corrected chi connectivity index (χ4v) is 3.42. The molecule has 5 heterocycles. The van der Waals surface area contributed by atoms with Gasteiger partial charge in [0.2, 0.25) is 0 Å². The molecule has 1 aliphatic rings. The average molecular weight is 389 g/mol. The standard InChI is InChI=1S/C20H19N7O2/c1-12-19(13(2)29-25-12)15-4-5-17-22-11-16(27(17)24-15)20(28)23-14-6-7-21-18(10-14)26-8-3-9-26/h4-7,10-11H,3,8-9H2,1-2H3,(H,21,23,28). The van der Waals surface area contributed by atoms with Gasteiger partial charge in [-0.25, -0.2) is 14.5 Å². The third-order valence-corrected chi connectivity index (χ3v) is 5.07. The molecule has 4 aromatic heterocycles. The third-order valence-electron chi connectivity index (χ3n) is 5.07. The molecule has 146 valence electrons. The highest BCUT2D eigenvalue weighted by Crippen LogP contribution is 2.25. The quantitative estimate of drug-likeness (QED) is 0.573. The van der Waals surface area contributed by atoms with Crippen LogP contribution in [0.4, 0.5) is 11.5 Å². The molecule has 4 aromatic rings. The van der Waals surface area contributed by atoms with Gasteiger partial charge in [0.15, 0.2) is 11.3 Å². The van der Waals surface area contributed by atoms with Crippen LogP contribution in [0.5, 0.6) is 0 Å². The highest BCUT2D eigenvalue weighted by Gasteiger charge is 2.19. The molecule has 9 nitrogen and oxygen atoms in total. The zero-order valence-corrected chi connectivity index (χ0v) is 16.1. The highest BCUT2D eigenvalue weighted by atomic mass is 16.5. The summed E-state index contributed by atoms with van der Waals surface area (Å²) in [5.74, 6) is 1.25. The lowest BCUT2D eigenvalue weighted by Gasteiger charge is -2.32. The monoisotopic (exact) mass is 389 g/mol. The first-order valence-electron chi connectivity index (χ1n) is 9.40. The summed E-state index contributed by atoms with van der Waals surface area (Å²) in [5.41, 5.74) is 3.85. The lowest BCUT2D eigenvalue weighted by atomic mass is 10.1. The number of rotatable bonds is 4. The van der Waals surface area contributed by atoms with Crippen LogP contribution in [0.3, 0.4) is 0 Å². The number of carbonyl (C=O) groups is 1. The zero-order valence-electron chi connectivity index (χ0n) is 16.1. The Balaban J connectivity index is 1.47. The lowest BCUT2D eigenvalue weighted by Crippen LogP contribution is -2.37. The van der Waals surface area contributed by atoms with Crippen LogP contribution in [0.15, 0.2) is 41.2 Å². The minimum atomic E-state index is -0.290. The van der Waals surface area contributed by atoms with Crippen molar-refractivity contribution in [3.63, 3.8) is 0 Å². The maximum Gasteiger partial charge on any atom is 0.276 e. The van der Waals surface area contributed by atoms with E-state index in [0.29, 0.717) is 28.5 Å². The Kier molecular flexibility index (Phi) is 4.01. The Hall–Kier alpha value is -3.75. The van der Waals surface area contributed by atoms with E-state index in [4.69, 9.17) is 4.52 Å². The first-order valence-corrected chi connectivity index (χ1v) is 9.40. The summed E-state index contributed by atoms with van der Waals surface area (Å²) in [6, 6.07) is 7.31. The summed E-state index contributed by atoms with van der Waals surface area (Å²) in [6.45, 7) is 5.68. The summed E-state index contributed by atoms with van der Waals surface area (Å²) >= 11 is 0. The van der Waals surface area contributed by atoms with Gasteiger partial charge >= 0.3 is 0 Å². The zero-order chi connectivity index (χ0) is 20.0. The number of amides is 1. The van der Waals surface area contributed by atoms with Crippen LogP contribution in [-0.2, 0) is 0 Å². The Morgan fingerprint density at radius 3 is 2.76 bits per heavy atom. The topological polar surface area (TPSA) is 101 Å². The van der Waals surface area contributed by atoms with E-state index in [9.17, 15) is 4.79 Å². The molecule has 1 amide bonds. The van der Waals surface area contributed by atoms with Crippen molar-refractivity contribution < 1.29 is 9.32 Å². The number of pyridine rings is 1. The molecule has 0 spiro atoms. The number of nitrogens with one attached hydrogen (secondary N) is 1. The van der Waals surface area contributed by atoms with Gasteiger partial charge in [-0.3, -0.25) is 4.79 Å². The molecule has 0 aromatic carbocycles. The summed E-state index contributed by atoms with van der Waals surface area (Å²) in [7, 11) is 0. The van der Waals surface area contributed by atoms with Gasteiger partial charge in [-0.1, -0.05) is 5.16 Å². The second-order valence-electron chi connectivity index (χ2n) is 7.03. The van der Waals surface area contributed by atoms with E-state index in [2.05, 4.69) is 30.4 Å². The van der Waals surface area contributed by atoms with Crippen molar-refractivity contribution in [3.8, 4) is 11.3 Å². The number of hydrogen-bond donors (Lipinski definition) is 1. The highest BCUT2D eigenvalue weighted by molar-refractivity contribution is 6.03. The van der Waals surface area contributed by atoms with Gasteiger partial charge in [-0.05, 0) is 38.5 Å². The predicted molar refractivity (Wildman–Crippen MR) is 107 cm³/mol. The SMILES string of the molecule is Cc1noc(C)c1-c1ccc2ncc(C(=O)Nc3ccnc(N4CCC4)c3)n2n1. The number of anilines is 2. The van der Waals surface area contributed by atoms with Gasteiger partial charge in [0, 0.05) is 31.0 Å². The van der Waals surface area contributed by atoms with Crippen molar-refractivity contribution in [2.24, 2.45) is 0 Å². The first-order chi connectivity index (χ1) is 14.1. The van der Waals surface area contributed by atoms with Crippen molar-refractivity contribution in [2.45, 2.75) is 20.3 Å². The number of nitrogens with zero attached hydrogens (tertiary/aromatic N) is 6. The molecule has 1 aliphatic heterocycles. The van der Waals surface area contributed by atoms with E-state index >= 15 is 0 Å². The van der Waals surface area contributed by atoms with Crippen LogP contribution in [0.25, 0.3) is 16.9 Å². The van der Waals surface area contributed by atoms with Gasteiger partial charge in [0.25, 0.3) is 5.91 Å². The normalized spacial score (nSPS) is 13.5. The van der Waals surface area contributed by atoms with E-state index in [-0.39, 0.29) is 5.91 Å². The fourth-order valence-electron chi connectivity index (χ4n) is 3.42. The van der Waals surface area contributed by atoms with Crippen LogP contribution in [-0.4, -0.2) is 43.7 Å². The van der Waals surface area contributed by atoms with Crippen molar-refractivity contribution in [2.75, 3.05) is 23.3 Å². The summed E-state index contributed by atoms with van der Waals surface area (Å²) in [5, 5.41) is 11.5. The molecule has 0 saturated carbocycles. The molecule has 0 bridgehead atoms. The fraction of sp³-hybridized carbons (Fsp3) is 0.250. The molecule has 9 heteroatoms. The number of fused-ring (bicyclic) bond motifs is 1. The Labute approximate surface area is 166 Å². The summed E-state index contributed by atoms with van der Waals surface area (Å²) in [4.78, 5) is 23.7. The van der Waals surface area contributed by atoms with Crippen molar-refractivity contribution in [1.82, 2.24) is 24.7 Å². The average Bonchev–Trinajstić information content (AvgIpc) is 3.23. The summed E-state index contributed by atoms with van der Waals surface area (Å²) in [6.07, 6.45) is 4.39. The molecule has 1 saturated heterocycles. The minimum absolute atomic E-state index is 0.290. The molecule has 0 unspecified atom stereocenters. The maximum absolute atomic E-state index is 12.9. The van der Waals surface area contributed by atoms with Crippen LogP contribution in [0.1, 0.15) is 28.4 Å². The largest absolute Gasteiger partial charge is 0.361 e. The number of aryl methyl sites for hydroxylation is 2. The summed E-state index contributed by atoms with van der Waals surface area (Å²) < 4.78 is 6.78. The third kappa shape index (κ3) is 3.00. The van der Waals surface area contributed by atoms with Gasteiger partial charge in [0.1, 0.15) is 11.6 Å². The molecule has 5 rings (SSSR count). The number of carbonyl (C=O) groups excluding carboxylic acids is 1. The Morgan fingerprint density at radius 1 is 1.17 bits per heavy atom. The number of imidazole rings is 1. The van der Waals surface area contributed by atoms with Crippen molar-refractivity contribution >= 4 is 23.1 Å². The Bertz CT molecular complexity index is 1200. The molecule has 0 atom stereocenters. The van der Waals surface area contributed by atoms with Crippen LogP contribution in [0.2, 0.25) is 0 Å². The lowest BCUT2D eigenvalue weighted by molar-refractivity contribution is 0.102. The van der Waals surface area contributed by atoms with Crippen molar-refractivity contribution in [1.29, 1.82) is 0 Å². The van der Waals surface area contributed by atoms with Gasteiger partial charge in [0.05, 0.1) is 23.1 Å². The van der Waals surface area contributed by atoms with Crippen LogP contribution >= 0.6 is 0 Å². The second kappa shape index (κ2) is 6.69. The predicted octanol–water partition coefficient (Wildman–Crippen LogP) is 2.86. The molecular formula is C20H19N7O2. The molecule has 0 aliphatic carbocycles. The van der Waals surface area contributed by atoms with E-state index in [1.165, 1.54) is 17.1 Å². The second-order valence-corrected chi connectivity index (χ2v) is 7.03. The molecule has 29 heavy (non-hydrogen) atoms. The van der Waals surface area contributed by atoms with E-state index in [1.54, 1.807) is 12.3 Å². The number of hydrogen-bond acceptors (Lipinski definition) is 7. The number of aromatic nitrogens is 5. The van der Waals surface area contributed by atoms with Gasteiger partial charge in [-0.2, -0.15) is 5.10 Å². The minimum Gasteiger partial charge on any atom is -0.361 e. The first kappa shape index (κ1) is 17.4. The van der Waals surface area contributed by atoms with Gasteiger partial charge in [-0.15, -0.1) is 0 Å². The smallest absolute Gasteiger partial charge is 0.276 e. The molecule has 1 fully saturated rings.